The molecule has 0 aromatic carbocycles. The van der Waals surface area contributed by atoms with Gasteiger partial charge in [0.05, 0.1) is 11.3 Å². The Morgan fingerprint density at radius 3 is 2.80 bits per heavy atom. The number of rotatable bonds is 2. The predicted molar refractivity (Wildman–Crippen MR) is 56.2 cm³/mol. The van der Waals surface area contributed by atoms with Gasteiger partial charge in [-0.1, -0.05) is 0 Å². The van der Waals surface area contributed by atoms with Crippen molar-refractivity contribution in [3.63, 3.8) is 0 Å². The fourth-order valence-corrected chi connectivity index (χ4v) is 2.47. The zero-order valence-electron chi connectivity index (χ0n) is 7.75. The van der Waals surface area contributed by atoms with E-state index in [0.717, 1.165) is 5.01 Å². The summed E-state index contributed by atoms with van der Waals surface area (Å²) in [6, 6.07) is 1.27. The normalized spacial score (nSPS) is 11.9. The van der Waals surface area contributed by atoms with Crippen LogP contribution in [0.4, 0.5) is 0 Å². The molecule has 0 aliphatic heterocycles. The third-order valence-corrected chi connectivity index (χ3v) is 3.56. The second kappa shape index (κ2) is 3.57. The van der Waals surface area contributed by atoms with Crippen molar-refractivity contribution in [2.45, 2.75) is 6.92 Å². The van der Waals surface area contributed by atoms with Crippen molar-refractivity contribution < 1.29 is 18.8 Å². The summed E-state index contributed by atoms with van der Waals surface area (Å²) in [6.07, 6.45) is 1.25. The highest BCUT2D eigenvalue weighted by Crippen LogP contribution is 2.38. The highest BCUT2D eigenvalue weighted by molar-refractivity contribution is 7.60. The first-order valence-electron chi connectivity index (χ1n) is 4.04. The summed E-state index contributed by atoms with van der Waals surface area (Å²) in [5.74, 6) is 0.146. The lowest BCUT2D eigenvalue weighted by atomic mass is 10.4. The molecule has 5 nitrogen and oxygen atoms in total. The standard InChI is InChI=1S/C8H8NO4PS/c1-5-9-6(4-15-5)8-7(2-3-13-8)14(10,11)12/h2-4H,1H3,(H2,10,11,12). The van der Waals surface area contributed by atoms with E-state index in [9.17, 15) is 4.57 Å². The molecule has 0 spiro atoms. The van der Waals surface area contributed by atoms with Gasteiger partial charge in [0.1, 0.15) is 11.0 Å². The van der Waals surface area contributed by atoms with Crippen LogP contribution in [-0.2, 0) is 4.57 Å². The Morgan fingerprint density at radius 2 is 2.27 bits per heavy atom. The van der Waals surface area contributed by atoms with Crippen LogP contribution in [0, 0.1) is 6.92 Å². The summed E-state index contributed by atoms with van der Waals surface area (Å²) in [5, 5.41) is 2.40. The van der Waals surface area contributed by atoms with Gasteiger partial charge in [0.2, 0.25) is 0 Å². The van der Waals surface area contributed by atoms with E-state index in [1.165, 1.54) is 23.7 Å². The van der Waals surface area contributed by atoms with Crippen molar-refractivity contribution in [3.8, 4) is 11.5 Å². The number of aryl methyl sites for hydroxylation is 1. The number of aromatic nitrogens is 1. The summed E-state index contributed by atoms with van der Waals surface area (Å²) in [6.45, 7) is 1.81. The number of hydrogen-bond acceptors (Lipinski definition) is 4. The minimum atomic E-state index is -4.29. The predicted octanol–water partition coefficient (Wildman–Crippen LogP) is 1.51. The second-order valence-electron chi connectivity index (χ2n) is 2.93. The molecular weight excluding hydrogens is 237 g/mol. The SMILES string of the molecule is Cc1nc(-c2occc2P(=O)(O)O)cs1. The first kappa shape index (κ1) is 10.6. The van der Waals surface area contributed by atoms with Gasteiger partial charge in [0, 0.05) is 5.38 Å². The smallest absolute Gasteiger partial charge is 0.360 e. The van der Waals surface area contributed by atoms with E-state index in [0.29, 0.717) is 5.69 Å². The summed E-state index contributed by atoms with van der Waals surface area (Å²) in [5.41, 5.74) is 0.459. The van der Waals surface area contributed by atoms with Gasteiger partial charge < -0.3 is 14.2 Å². The van der Waals surface area contributed by atoms with Crippen LogP contribution >= 0.6 is 18.9 Å². The Hall–Kier alpha value is -0.940. The minimum absolute atomic E-state index is 0.118. The Kier molecular flexibility index (Phi) is 2.52. The zero-order chi connectivity index (χ0) is 11.1. The molecule has 0 bridgehead atoms. The van der Waals surface area contributed by atoms with Crippen LogP contribution in [-0.4, -0.2) is 14.8 Å². The van der Waals surface area contributed by atoms with Gasteiger partial charge in [0.25, 0.3) is 0 Å². The van der Waals surface area contributed by atoms with Gasteiger partial charge in [-0.15, -0.1) is 11.3 Å². The largest absolute Gasteiger partial charge is 0.462 e. The first-order chi connectivity index (χ1) is 6.98. The lowest BCUT2D eigenvalue weighted by molar-refractivity contribution is 0.387. The van der Waals surface area contributed by atoms with E-state index in [1.807, 2.05) is 6.92 Å². The average molecular weight is 245 g/mol. The molecule has 0 amide bonds. The van der Waals surface area contributed by atoms with Crippen LogP contribution in [0.5, 0.6) is 0 Å². The molecule has 80 valence electrons. The molecule has 15 heavy (non-hydrogen) atoms. The quantitative estimate of drug-likeness (QED) is 0.783. The van der Waals surface area contributed by atoms with E-state index >= 15 is 0 Å². The maximum Gasteiger partial charge on any atom is 0.360 e. The van der Waals surface area contributed by atoms with E-state index in [-0.39, 0.29) is 11.1 Å². The number of nitrogens with zero attached hydrogens (tertiary/aromatic N) is 1. The van der Waals surface area contributed by atoms with Gasteiger partial charge in [-0.05, 0) is 13.0 Å². The fourth-order valence-electron chi connectivity index (χ4n) is 1.19. The van der Waals surface area contributed by atoms with Gasteiger partial charge in [-0.25, -0.2) is 4.98 Å². The third-order valence-electron chi connectivity index (χ3n) is 1.81. The van der Waals surface area contributed by atoms with E-state index in [2.05, 4.69) is 4.98 Å². The van der Waals surface area contributed by atoms with Crippen LogP contribution in [0.1, 0.15) is 5.01 Å². The van der Waals surface area contributed by atoms with Crippen LogP contribution < -0.4 is 5.30 Å². The van der Waals surface area contributed by atoms with Crippen LogP contribution in [0.15, 0.2) is 22.1 Å². The summed E-state index contributed by atoms with van der Waals surface area (Å²) < 4.78 is 16.1. The lowest BCUT2D eigenvalue weighted by Gasteiger charge is -2.01. The molecule has 0 saturated heterocycles. The number of thiazole rings is 1. The minimum Gasteiger partial charge on any atom is -0.462 e. The fraction of sp³-hybridized carbons (Fsp3) is 0.125. The Balaban J connectivity index is 2.55. The summed E-state index contributed by atoms with van der Waals surface area (Å²) >= 11 is 1.40. The van der Waals surface area contributed by atoms with Crippen molar-refractivity contribution in [1.82, 2.24) is 4.98 Å². The molecule has 0 unspecified atom stereocenters. The maximum atomic E-state index is 11.1. The summed E-state index contributed by atoms with van der Waals surface area (Å²) in [7, 11) is -4.29. The lowest BCUT2D eigenvalue weighted by Crippen LogP contribution is -2.03. The third kappa shape index (κ3) is 2.03. The first-order valence-corrected chi connectivity index (χ1v) is 6.54. The Labute approximate surface area is 89.6 Å². The Bertz CT molecular complexity index is 526. The van der Waals surface area contributed by atoms with Gasteiger partial charge in [-0.3, -0.25) is 4.57 Å². The molecule has 0 fully saturated rings. The van der Waals surface area contributed by atoms with Crippen molar-refractivity contribution in [2.75, 3.05) is 0 Å². The summed E-state index contributed by atoms with van der Waals surface area (Å²) in [4.78, 5) is 22.2. The molecule has 7 heteroatoms. The molecule has 0 saturated carbocycles. The second-order valence-corrected chi connectivity index (χ2v) is 5.56. The highest BCUT2D eigenvalue weighted by Gasteiger charge is 2.26. The average Bonchev–Trinajstić information content (AvgIpc) is 2.68. The van der Waals surface area contributed by atoms with Gasteiger partial charge >= 0.3 is 7.60 Å². The number of hydrogen-bond donors (Lipinski definition) is 2. The zero-order valence-corrected chi connectivity index (χ0v) is 9.46. The van der Waals surface area contributed by atoms with Crippen LogP contribution in [0.2, 0.25) is 0 Å². The van der Waals surface area contributed by atoms with Gasteiger partial charge in [0.15, 0.2) is 5.76 Å². The Morgan fingerprint density at radius 1 is 1.53 bits per heavy atom. The molecule has 2 N–H and O–H groups in total. The highest BCUT2D eigenvalue weighted by atomic mass is 32.1. The molecule has 2 aromatic heterocycles. The molecule has 0 aliphatic rings. The van der Waals surface area contributed by atoms with Crippen LogP contribution in [0.25, 0.3) is 11.5 Å². The molecule has 0 radical (unpaired) electrons. The van der Waals surface area contributed by atoms with Gasteiger partial charge in [-0.2, -0.15) is 0 Å². The van der Waals surface area contributed by atoms with Crippen molar-refractivity contribution in [1.29, 1.82) is 0 Å². The molecule has 2 aromatic rings. The van der Waals surface area contributed by atoms with Crippen molar-refractivity contribution >= 4 is 24.2 Å². The monoisotopic (exact) mass is 245 g/mol. The molecule has 2 heterocycles. The molecule has 0 atom stereocenters. The molecule has 0 aliphatic carbocycles. The molecule has 2 rings (SSSR count). The van der Waals surface area contributed by atoms with E-state index in [1.54, 1.807) is 5.38 Å². The molecular formula is C8H8NO4PS. The topological polar surface area (TPSA) is 83.6 Å². The van der Waals surface area contributed by atoms with Crippen molar-refractivity contribution in [2.24, 2.45) is 0 Å². The number of furan rings is 1. The van der Waals surface area contributed by atoms with Crippen molar-refractivity contribution in [3.05, 3.63) is 22.7 Å². The maximum absolute atomic E-state index is 11.1. The van der Waals surface area contributed by atoms with E-state index in [4.69, 9.17) is 14.2 Å². The van der Waals surface area contributed by atoms with Crippen LogP contribution in [0.3, 0.4) is 0 Å². The van der Waals surface area contributed by atoms with E-state index < -0.39 is 7.60 Å².